The third-order valence-electron chi connectivity index (χ3n) is 3.44. The van der Waals surface area contributed by atoms with Crippen LogP contribution < -0.4 is 0 Å². The third kappa shape index (κ3) is 5.58. The molecule has 1 rings (SSSR count). The van der Waals surface area contributed by atoms with Crippen LogP contribution in [0.25, 0.3) is 5.57 Å². The molecule has 0 bridgehead atoms. The van der Waals surface area contributed by atoms with Gasteiger partial charge in [-0.3, -0.25) is 0 Å². The highest BCUT2D eigenvalue weighted by Gasteiger charge is 2.07. The minimum absolute atomic E-state index is 0.219. The molecule has 1 aromatic carbocycles. The lowest BCUT2D eigenvalue weighted by atomic mass is 9.93. The summed E-state index contributed by atoms with van der Waals surface area (Å²) in [6.07, 6.45) is 5.60. The van der Waals surface area contributed by atoms with Crippen LogP contribution in [0.5, 0.6) is 0 Å². The predicted molar refractivity (Wildman–Crippen MR) is 88.8 cm³/mol. The number of hydrogen-bond acceptors (Lipinski definition) is 1. The Morgan fingerprint density at radius 1 is 1.10 bits per heavy atom. The van der Waals surface area contributed by atoms with Crippen LogP contribution in [0.3, 0.4) is 0 Å². The Kier molecular flexibility index (Phi) is 6.47. The Morgan fingerprint density at radius 3 is 2.20 bits per heavy atom. The van der Waals surface area contributed by atoms with E-state index in [1.165, 1.54) is 5.56 Å². The standard InChI is InChI=1S/C19H26O/c1-14(2)6-7-15(3)18-10-12-19(13-11-18)16(4)8-9-17(5)20/h6-7,10-13,16-17,20H,1,3,8-9H2,2,4-5H3/b7-6-. The van der Waals surface area contributed by atoms with Crippen molar-refractivity contribution in [2.75, 3.05) is 0 Å². The zero-order chi connectivity index (χ0) is 15.1. The van der Waals surface area contributed by atoms with E-state index in [1.807, 2.05) is 26.0 Å². The fourth-order valence-electron chi connectivity index (χ4n) is 2.02. The van der Waals surface area contributed by atoms with E-state index < -0.39 is 0 Å². The number of rotatable bonds is 7. The summed E-state index contributed by atoms with van der Waals surface area (Å²) in [6.45, 7) is 13.9. The molecule has 0 aliphatic carbocycles. The lowest BCUT2D eigenvalue weighted by molar-refractivity contribution is 0.179. The molecule has 1 nitrogen and oxygen atoms in total. The average molecular weight is 270 g/mol. The second kappa shape index (κ2) is 7.86. The van der Waals surface area contributed by atoms with Gasteiger partial charge < -0.3 is 5.11 Å². The van der Waals surface area contributed by atoms with Gasteiger partial charge >= 0.3 is 0 Å². The zero-order valence-electron chi connectivity index (χ0n) is 12.9. The Bertz CT molecular complexity index is 477. The second-order valence-electron chi connectivity index (χ2n) is 5.65. The molecule has 0 aliphatic heterocycles. The van der Waals surface area contributed by atoms with Gasteiger partial charge in [0.05, 0.1) is 6.10 Å². The molecule has 0 radical (unpaired) electrons. The predicted octanol–water partition coefficient (Wildman–Crippen LogP) is 5.10. The number of benzene rings is 1. The minimum Gasteiger partial charge on any atom is -0.393 e. The number of aliphatic hydroxyl groups excluding tert-OH is 1. The maximum atomic E-state index is 9.34. The van der Waals surface area contributed by atoms with Crippen molar-refractivity contribution in [3.05, 3.63) is 66.3 Å². The van der Waals surface area contributed by atoms with Crippen LogP contribution in [-0.4, -0.2) is 11.2 Å². The van der Waals surface area contributed by atoms with Crippen molar-refractivity contribution < 1.29 is 5.11 Å². The van der Waals surface area contributed by atoms with Crippen molar-refractivity contribution in [1.29, 1.82) is 0 Å². The summed E-state index contributed by atoms with van der Waals surface area (Å²) in [7, 11) is 0. The van der Waals surface area contributed by atoms with Gasteiger partial charge in [-0.2, -0.15) is 0 Å². The molecule has 0 spiro atoms. The molecular formula is C19H26O. The molecule has 1 N–H and O–H groups in total. The first kappa shape index (κ1) is 16.5. The molecule has 2 unspecified atom stereocenters. The summed E-state index contributed by atoms with van der Waals surface area (Å²) in [5.74, 6) is 0.470. The summed E-state index contributed by atoms with van der Waals surface area (Å²) in [6, 6.07) is 8.53. The van der Waals surface area contributed by atoms with Crippen LogP contribution in [0.4, 0.5) is 0 Å². The molecule has 0 amide bonds. The number of allylic oxidation sites excluding steroid dienone is 4. The van der Waals surface area contributed by atoms with Gasteiger partial charge in [-0.05, 0) is 49.3 Å². The van der Waals surface area contributed by atoms with Gasteiger partial charge in [-0.1, -0.05) is 62.1 Å². The average Bonchev–Trinajstić information content (AvgIpc) is 2.42. The maximum Gasteiger partial charge on any atom is 0.0512 e. The molecule has 2 atom stereocenters. The first-order chi connectivity index (χ1) is 9.40. The molecule has 0 fully saturated rings. The lowest BCUT2D eigenvalue weighted by Crippen LogP contribution is -2.02. The molecule has 0 aromatic heterocycles. The van der Waals surface area contributed by atoms with E-state index in [0.29, 0.717) is 5.92 Å². The molecule has 0 heterocycles. The summed E-state index contributed by atoms with van der Waals surface area (Å²) in [5, 5.41) is 9.34. The van der Waals surface area contributed by atoms with E-state index in [9.17, 15) is 5.11 Å². The summed E-state index contributed by atoms with van der Waals surface area (Å²) in [5.41, 5.74) is 4.46. The SMILES string of the molecule is C=C(C)/C=C\C(=C)c1ccc(C(C)CCC(C)O)cc1. The molecule has 0 saturated carbocycles. The first-order valence-corrected chi connectivity index (χ1v) is 7.21. The quantitative estimate of drug-likeness (QED) is 0.684. The van der Waals surface area contributed by atoms with Crippen molar-refractivity contribution in [1.82, 2.24) is 0 Å². The van der Waals surface area contributed by atoms with Crippen molar-refractivity contribution in [2.45, 2.75) is 45.6 Å². The van der Waals surface area contributed by atoms with Crippen LogP contribution >= 0.6 is 0 Å². The first-order valence-electron chi connectivity index (χ1n) is 7.21. The number of aliphatic hydroxyl groups is 1. The van der Waals surface area contributed by atoms with Crippen LogP contribution in [-0.2, 0) is 0 Å². The molecule has 1 aromatic rings. The van der Waals surface area contributed by atoms with Crippen LogP contribution in [0.15, 0.2) is 55.1 Å². The van der Waals surface area contributed by atoms with E-state index in [0.717, 1.165) is 29.6 Å². The van der Waals surface area contributed by atoms with Gasteiger partial charge in [0.25, 0.3) is 0 Å². The maximum absolute atomic E-state index is 9.34. The molecule has 20 heavy (non-hydrogen) atoms. The monoisotopic (exact) mass is 270 g/mol. The van der Waals surface area contributed by atoms with Gasteiger partial charge in [-0.25, -0.2) is 0 Å². The van der Waals surface area contributed by atoms with Crippen molar-refractivity contribution in [3.63, 3.8) is 0 Å². The van der Waals surface area contributed by atoms with Gasteiger partial charge in [0.15, 0.2) is 0 Å². The van der Waals surface area contributed by atoms with Crippen molar-refractivity contribution in [2.24, 2.45) is 0 Å². The fraction of sp³-hybridized carbons (Fsp3) is 0.368. The smallest absolute Gasteiger partial charge is 0.0512 e. The Balaban J connectivity index is 2.68. The van der Waals surface area contributed by atoms with Crippen LogP contribution in [0.2, 0.25) is 0 Å². The minimum atomic E-state index is -0.219. The Hall–Kier alpha value is -1.60. The second-order valence-corrected chi connectivity index (χ2v) is 5.65. The topological polar surface area (TPSA) is 20.2 Å². The van der Waals surface area contributed by atoms with Crippen LogP contribution in [0.1, 0.15) is 50.7 Å². The van der Waals surface area contributed by atoms with E-state index in [2.05, 4.69) is 44.3 Å². The Morgan fingerprint density at radius 2 is 1.70 bits per heavy atom. The molecule has 108 valence electrons. The van der Waals surface area contributed by atoms with Crippen molar-refractivity contribution >= 4 is 5.57 Å². The Labute approximate surface area is 123 Å². The lowest BCUT2D eigenvalue weighted by Gasteiger charge is -2.13. The number of hydrogen-bond donors (Lipinski definition) is 1. The van der Waals surface area contributed by atoms with Gasteiger partial charge in [0, 0.05) is 0 Å². The summed E-state index contributed by atoms with van der Waals surface area (Å²) in [4.78, 5) is 0. The third-order valence-corrected chi connectivity index (χ3v) is 3.44. The summed E-state index contributed by atoms with van der Waals surface area (Å²) < 4.78 is 0. The van der Waals surface area contributed by atoms with E-state index in [4.69, 9.17) is 0 Å². The molecular weight excluding hydrogens is 244 g/mol. The van der Waals surface area contributed by atoms with Crippen LogP contribution in [0, 0.1) is 0 Å². The normalized spacial score (nSPS) is 14.2. The highest BCUT2D eigenvalue weighted by Crippen LogP contribution is 2.23. The molecule has 1 heteroatoms. The summed E-state index contributed by atoms with van der Waals surface area (Å²) >= 11 is 0. The fourth-order valence-corrected chi connectivity index (χ4v) is 2.02. The van der Waals surface area contributed by atoms with E-state index in [1.54, 1.807) is 0 Å². The van der Waals surface area contributed by atoms with E-state index >= 15 is 0 Å². The highest BCUT2D eigenvalue weighted by atomic mass is 16.3. The van der Waals surface area contributed by atoms with E-state index in [-0.39, 0.29) is 6.10 Å². The molecule has 0 saturated heterocycles. The zero-order valence-corrected chi connectivity index (χ0v) is 12.9. The van der Waals surface area contributed by atoms with Gasteiger partial charge in [0.2, 0.25) is 0 Å². The molecule has 0 aliphatic rings. The van der Waals surface area contributed by atoms with Gasteiger partial charge in [0.1, 0.15) is 0 Å². The van der Waals surface area contributed by atoms with Gasteiger partial charge in [-0.15, -0.1) is 0 Å². The largest absolute Gasteiger partial charge is 0.393 e. The van der Waals surface area contributed by atoms with Crippen molar-refractivity contribution in [3.8, 4) is 0 Å². The highest BCUT2D eigenvalue weighted by molar-refractivity contribution is 5.72.